The van der Waals surface area contributed by atoms with E-state index in [1.165, 1.54) is 28.6 Å². The summed E-state index contributed by atoms with van der Waals surface area (Å²) in [5, 5.41) is 3.42. The number of nitrogens with zero attached hydrogens (tertiary/aromatic N) is 1. The van der Waals surface area contributed by atoms with E-state index in [1.54, 1.807) is 13.0 Å². The SMILES string of the molecule is Cc1ccc(S(=O)(=O)N2CCCC2)cc1C(=O)Nc1cc(Cl)c(Cl)cc1Cl. The van der Waals surface area contributed by atoms with Gasteiger partial charge in [0.15, 0.2) is 0 Å². The molecule has 3 rings (SSSR count). The molecule has 2 aromatic carbocycles. The molecule has 1 saturated heterocycles. The molecule has 0 bridgehead atoms. The normalized spacial score (nSPS) is 15.1. The Hall–Kier alpha value is -1.31. The summed E-state index contributed by atoms with van der Waals surface area (Å²) in [6, 6.07) is 7.41. The molecule has 1 aliphatic heterocycles. The number of anilines is 1. The quantitative estimate of drug-likeness (QED) is 0.671. The maximum absolute atomic E-state index is 12.8. The molecule has 1 amide bonds. The maximum Gasteiger partial charge on any atom is 0.256 e. The average Bonchev–Trinajstić information content (AvgIpc) is 3.15. The minimum absolute atomic E-state index is 0.0976. The van der Waals surface area contributed by atoms with Gasteiger partial charge in [0.05, 0.1) is 25.7 Å². The predicted molar refractivity (Wildman–Crippen MR) is 109 cm³/mol. The van der Waals surface area contributed by atoms with Crippen LogP contribution in [0.1, 0.15) is 28.8 Å². The number of halogens is 3. The molecule has 0 saturated carbocycles. The highest BCUT2D eigenvalue weighted by molar-refractivity contribution is 7.89. The van der Waals surface area contributed by atoms with Gasteiger partial charge in [-0.3, -0.25) is 4.79 Å². The average molecular weight is 448 g/mol. The van der Waals surface area contributed by atoms with E-state index in [4.69, 9.17) is 34.8 Å². The minimum atomic E-state index is -3.62. The molecular weight excluding hydrogens is 431 g/mol. The molecule has 144 valence electrons. The first-order valence-electron chi connectivity index (χ1n) is 8.27. The summed E-state index contributed by atoms with van der Waals surface area (Å²) in [6.07, 6.45) is 1.68. The Kier molecular flexibility index (Phi) is 6.03. The lowest BCUT2D eigenvalue weighted by Crippen LogP contribution is -2.28. The molecule has 2 aromatic rings. The highest BCUT2D eigenvalue weighted by Gasteiger charge is 2.28. The van der Waals surface area contributed by atoms with Crippen molar-refractivity contribution in [3.8, 4) is 0 Å². The number of carbonyl (C=O) groups excluding carboxylic acids is 1. The van der Waals surface area contributed by atoms with E-state index in [-0.39, 0.29) is 25.5 Å². The standard InChI is InChI=1S/C18H17Cl3N2O3S/c1-11-4-5-12(27(25,26)23-6-2-3-7-23)8-13(11)18(24)22-17-10-15(20)14(19)9-16(17)21/h4-5,8-10H,2-3,6-7H2,1H3,(H,22,24). The Morgan fingerprint density at radius 1 is 1.00 bits per heavy atom. The summed E-state index contributed by atoms with van der Waals surface area (Å²) in [5.74, 6) is -0.480. The second-order valence-corrected chi connectivity index (χ2v) is 9.45. The van der Waals surface area contributed by atoms with Crippen molar-refractivity contribution in [2.45, 2.75) is 24.7 Å². The lowest BCUT2D eigenvalue weighted by molar-refractivity contribution is 0.102. The molecule has 9 heteroatoms. The van der Waals surface area contributed by atoms with Crippen LogP contribution in [0.25, 0.3) is 0 Å². The number of sulfonamides is 1. The smallest absolute Gasteiger partial charge is 0.256 e. The number of benzene rings is 2. The van der Waals surface area contributed by atoms with Crippen molar-refractivity contribution in [3.05, 3.63) is 56.5 Å². The second-order valence-electron chi connectivity index (χ2n) is 6.29. The van der Waals surface area contributed by atoms with E-state index in [2.05, 4.69) is 5.32 Å². The molecular formula is C18H17Cl3N2O3S. The first-order valence-corrected chi connectivity index (χ1v) is 10.8. The molecule has 0 aliphatic carbocycles. The van der Waals surface area contributed by atoms with E-state index in [9.17, 15) is 13.2 Å². The Morgan fingerprint density at radius 3 is 2.30 bits per heavy atom. The van der Waals surface area contributed by atoms with Gasteiger partial charge in [0.2, 0.25) is 10.0 Å². The number of amides is 1. The molecule has 0 spiro atoms. The van der Waals surface area contributed by atoms with Crippen LogP contribution in [-0.4, -0.2) is 31.7 Å². The Labute approximate surface area is 173 Å². The largest absolute Gasteiger partial charge is 0.321 e. The van der Waals surface area contributed by atoms with Crippen LogP contribution < -0.4 is 5.32 Å². The summed E-state index contributed by atoms with van der Waals surface area (Å²) in [6.45, 7) is 2.73. The van der Waals surface area contributed by atoms with Crippen molar-refractivity contribution in [1.82, 2.24) is 4.31 Å². The zero-order valence-electron chi connectivity index (χ0n) is 14.4. The zero-order valence-corrected chi connectivity index (χ0v) is 17.5. The molecule has 0 atom stereocenters. The van der Waals surface area contributed by atoms with E-state index < -0.39 is 15.9 Å². The third-order valence-electron chi connectivity index (χ3n) is 4.41. The topological polar surface area (TPSA) is 66.5 Å². The number of carbonyl (C=O) groups is 1. The van der Waals surface area contributed by atoms with Crippen LogP contribution in [0.3, 0.4) is 0 Å². The predicted octanol–water partition coefficient (Wildman–Crippen LogP) is 4.99. The molecule has 5 nitrogen and oxygen atoms in total. The third kappa shape index (κ3) is 4.25. The van der Waals surface area contributed by atoms with Gasteiger partial charge in [-0.15, -0.1) is 0 Å². The van der Waals surface area contributed by atoms with Gasteiger partial charge in [-0.1, -0.05) is 40.9 Å². The highest BCUT2D eigenvalue weighted by atomic mass is 35.5. The number of rotatable bonds is 4. The van der Waals surface area contributed by atoms with Crippen LogP contribution in [0.2, 0.25) is 15.1 Å². The van der Waals surface area contributed by atoms with Gasteiger partial charge < -0.3 is 5.32 Å². The van der Waals surface area contributed by atoms with Crippen LogP contribution in [0, 0.1) is 6.92 Å². The van der Waals surface area contributed by atoms with Crippen LogP contribution in [0.4, 0.5) is 5.69 Å². The molecule has 27 heavy (non-hydrogen) atoms. The maximum atomic E-state index is 12.8. The Balaban J connectivity index is 1.92. The molecule has 0 unspecified atom stereocenters. The van der Waals surface area contributed by atoms with Crippen molar-refractivity contribution in [2.24, 2.45) is 0 Å². The van der Waals surface area contributed by atoms with E-state index >= 15 is 0 Å². The van der Waals surface area contributed by atoms with Crippen LogP contribution in [0.15, 0.2) is 35.2 Å². The third-order valence-corrected chi connectivity index (χ3v) is 7.34. The van der Waals surface area contributed by atoms with Gasteiger partial charge in [-0.05, 0) is 49.6 Å². The van der Waals surface area contributed by atoms with E-state index in [0.29, 0.717) is 24.3 Å². The number of nitrogens with one attached hydrogen (secondary N) is 1. The van der Waals surface area contributed by atoms with Crippen LogP contribution in [0.5, 0.6) is 0 Å². The molecule has 1 fully saturated rings. The summed E-state index contributed by atoms with van der Waals surface area (Å²) >= 11 is 18.0. The van der Waals surface area contributed by atoms with Gasteiger partial charge in [0, 0.05) is 18.7 Å². The van der Waals surface area contributed by atoms with Gasteiger partial charge >= 0.3 is 0 Å². The van der Waals surface area contributed by atoms with E-state index in [1.807, 2.05) is 0 Å². The van der Waals surface area contributed by atoms with Gasteiger partial charge in [0.1, 0.15) is 0 Å². The monoisotopic (exact) mass is 446 g/mol. The van der Waals surface area contributed by atoms with E-state index in [0.717, 1.165) is 12.8 Å². The fraction of sp³-hybridized carbons (Fsp3) is 0.278. The van der Waals surface area contributed by atoms with Crippen molar-refractivity contribution in [3.63, 3.8) is 0 Å². The van der Waals surface area contributed by atoms with Crippen LogP contribution >= 0.6 is 34.8 Å². The highest BCUT2D eigenvalue weighted by Crippen LogP contribution is 2.33. The molecule has 1 N–H and O–H groups in total. The number of hydrogen-bond donors (Lipinski definition) is 1. The zero-order chi connectivity index (χ0) is 19.8. The summed E-state index contributed by atoms with van der Waals surface area (Å²) in [5.41, 5.74) is 1.18. The summed E-state index contributed by atoms with van der Waals surface area (Å²) < 4.78 is 27.0. The fourth-order valence-corrected chi connectivity index (χ4v) is 5.03. The molecule has 1 heterocycles. The Bertz CT molecular complexity index is 1000. The molecule has 0 aromatic heterocycles. The molecule has 0 radical (unpaired) electrons. The van der Waals surface area contributed by atoms with Gasteiger partial charge in [-0.2, -0.15) is 4.31 Å². The first kappa shape index (κ1) is 20.4. The lowest BCUT2D eigenvalue weighted by atomic mass is 10.1. The van der Waals surface area contributed by atoms with Crippen molar-refractivity contribution in [1.29, 1.82) is 0 Å². The van der Waals surface area contributed by atoms with Crippen molar-refractivity contribution >= 4 is 56.4 Å². The first-order chi connectivity index (χ1) is 12.7. The Morgan fingerprint density at radius 2 is 1.63 bits per heavy atom. The summed E-state index contributed by atoms with van der Waals surface area (Å²) in [7, 11) is -3.62. The fourth-order valence-electron chi connectivity index (χ4n) is 2.89. The second kappa shape index (κ2) is 7.97. The summed E-state index contributed by atoms with van der Waals surface area (Å²) in [4.78, 5) is 12.8. The molecule has 1 aliphatic rings. The minimum Gasteiger partial charge on any atom is -0.321 e. The van der Waals surface area contributed by atoms with Crippen LogP contribution in [-0.2, 0) is 10.0 Å². The number of hydrogen-bond acceptors (Lipinski definition) is 3. The van der Waals surface area contributed by atoms with Crippen molar-refractivity contribution in [2.75, 3.05) is 18.4 Å². The van der Waals surface area contributed by atoms with Gasteiger partial charge in [-0.25, -0.2) is 8.42 Å². The lowest BCUT2D eigenvalue weighted by Gasteiger charge is -2.17. The van der Waals surface area contributed by atoms with Gasteiger partial charge in [0.25, 0.3) is 5.91 Å². The number of aryl methyl sites for hydroxylation is 1. The van der Waals surface area contributed by atoms with Crippen molar-refractivity contribution < 1.29 is 13.2 Å².